The number of anilines is 1. The van der Waals surface area contributed by atoms with E-state index in [-0.39, 0.29) is 19.0 Å². The Morgan fingerprint density at radius 1 is 1.07 bits per heavy atom. The van der Waals surface area contributed by atoms with Gasteiger partial charge in [0.25, 0.3) is 10.2 Å². The number of halogens is 1. The summed E-state index contributed by atoms with van der Waals surface area (Å²) in [6.45, 7) is 0.809. The summed E-state index contributed by atoms with van der Waals surface area (Å²) < 4.78 is 34.5. The van der Waals surface area contributed by atoms with E-state index in [0.29, 0.717) is 25.2 Å². The lowest BCUT2D eigenvalue weighted by Crippen LogP contribution is -2.51. The second-order valence-electron chi connectivity index (χ2n) is 6.43. The maximum atomic E-state index is 12.9. The highest BCUT2D eigenvalue weighted by Crippen LogP contribution is 2.21. The molecule has 1 fully saturated rings. The van der Waals surface area contributed by atoms with Gasteiger partial charge < -0.3 is 10.1 Å². The molecule has 0 unspecified atom stereocenters. The summed E-state index contributed by atoms with van der Waals surface area (Å²) in [6.07, 6.45) is 0.668. The van der Waals surface area contributed by atoms with Gasteiger partial charge in [0, 0.05) is 29.8 Å². The molecule has 0 aliphatic carbocycles. The number of amides is 1. The number of carbonyl (C=O) groups is 1. The van der Waals surface area contributed by atoms with Gasteiger partial charge in [-0.2, -0.15) is 17.0 Å². The van der Waals surface area contributed by atoms with E-state index in [1.165, 1.54) is 8.61 Å². The second kappa shape index (κ2) is 9.04. The molecule has 0 aromatic heterocycles. The molecule has 0 radical (unpaired) electrons. The molecule has 2 aromatic rings. The largest absolute Gasteiger partial charge is 0.497 e. The van der Waals surface area contributed by atoms with Crippen LogP contribution in [0.4, 0.5) is 5.69 Å². The van der Waals surface area contributed by atoms with Crippen LogP contribution >= 0.6 is 15.9 Å². The van der Waals surface area contributed by atoms with E-state index in [1.54, 1.807) is 31.4 Å². The van der Waals surface area contributed by atoms with E-state index in [0.717, 1.165) is 15.8 Å². The van der Waals surface area contributed by atoms with Crippen molar-refractivity contribution in [1.82, 2.24) is 8.61 Å². The number of hydrogen-bond donors (Lipinski definition) is 1. The molecule has 0 bridgehead atoms. The maximum absolute atomic E-state index is 12.9. The Hall–Kier alpha value is -1.94. The molecule has 0 saturated carbocycles. The van der Waals surface area contributed by atoms with Crippen molar-refractivity contribution in [1.29, 1.82) is 0 Å². The fraction of sp³-hybridized carbons (Fsp3) is 0.316. The summed E-state index contributed by atoms with van der Waals surface area (Å²) in [4.78, 5) is 12.3. The molecule has 2 aromatic carbocycles. The van der Waals surface area contributed by atoms with E-state index in [9.17, 15) is 13.2 Å². The SMILES string of the molecule is COc1ccc(CN2CCCN(CC(=O)Nc3ccc(Br)cc3)S2(=O)=O)cc1. The lowest BCUT2D eigenvalue weighted by atomic mass is 10.2. The molecule has 1 amide bonds. The molecule has 1 saturated heterocycles. The zero-order valence-electron chi connectivity index (χ0n) is 15.5. The van der Waals surface area contributed by atoms with Crippen LogP contribution in [0.1, 0.15) is 12.0 Å². The predicted molar refractivity (Wildman–Crippen MR) is 111 cm³/mol. The van der Waals surface area contributed by atoms with Gasteiger partial charge in [0.2, 0.25) is 5.91 Å². The standard InChI is InChI=1S/C19H22BrN3O4S/c1-27-18-9-3-15(4-10-18)13-22-11-2-12-23(28(22,25)26)14-19(24)21-17-7-5-16(20)6-8-17/h3-10H,2,11-14H2,1H3,(H,21,24). The molecule has 1 aliphatic heterocycles. The second-order valence-corrected chi connectivity index (χ2v) is 9.28. The first-order chi connectivity index (χ1) is 13.4. The molecule has 1 heterocycles. The van der Waals surface area contributed by atoms with Gasteiger partial charge in [-0.05, 0) is 48.4 Å². The Balaban J connectivity index is 1.64. The summed E-state index contributed by atoms with van der Waals surface area (Å²) in [7, 11) is -2.12. The zero-order valence-corrected chi connectivity index (χ0v) is 17.9. The van der Waals surface area contributed by atoms with Gasteiger partial charge in [-0.1, -0.05) is 28.1 Å². The predicted octanol–water partition coefficient (Wildman–Crippen LogP) is 2.85. The smallest absolute Gasteiger partial charge is 0.282 e. The number of rotatable bonds is 6. The third-order valence-corrected chi connectivity index (χ3v) is 6.89. The molecule has 3 rings (SSSR count). The number of benzene rings is 2. The summed E-state index contributed by atoms with van der Waals surface area (Å²) in [5.74, 6) is 0.355. The van der Waals surface area contributed by atoms with Crippen molar-refractivity contribution in [3.8, 4) is 5.75 Å². The Bertz CT molecular complexity index is 917. The Morgan fingerprint density at radius 2 is 1.71 bits per heavy atom. The molecule has 7 nitrogen and oxygen atoms in total. The van der Waals surface area contributed by atoms with Crippen LogP contribution in [0.15, 0.2) is 53.0 Å². The molecular weight excluding hydrogens is 446 g/mol. The van der Waals surface area contributed by atoms with Crippen molar-refractivity contribution in [2.45, 2.75) is 13.0 Å². The topological polar surface area (TPSA) is 79.0 Å². The van der Waals surface area contributed by atoms with E-state index in [1.807, 2.05) is 24.3 Å². The van der Waals surface area contributed by atoms with Crippen LogP contribution in [-0.2, 0) is 21.5 Å². The van der Waals surface area contributed by atoms with Crippen LogP contribution in [0.25, 0.3) is 0 Å². The highest BCUT2D eigenvalue weighted by molar-refractivity contribution is 9.10. The van der Waals surface area contributed by atoms with E-state index < -0.39 is 10.2 Å². The molecule has 1 N–H and O–H groups in total. The minimum atomic E-state index is -3.71. The Kier molecular flexibility index (Phi) is 6.71. The molecule has 150 valence electrons. The fourth-order valence-corrected chi connectivity index (χ4v) is 4.87. The van der Waals surface area contributed by atoms with Gasteiger partial charge in [-0.15, -0.1) is 0 Å². The van der Waals surface area contributed by atoms with Gasteiger partial charge in [-0.25, -0.2) is 0 Å². The summed E-state index contributed by atoms with van der Waals surface area (Å²) in [6, 6.07) is 14.4. The number of nitrogens with zero attached hydrogens (tertiary/aromatic N) is 2. The Labute approximate surface area is 173 Å². The van der Waals surface area contributed by atoms with Crippen LogP contribution in [0.2, 0.25) is 0 Å². The molecule has 1 aliphatic rings. The lowest BCUT2D eigenvalue weighted by Gasteiger charge is -2.34. The fourth-order valence-electron chi connectivity index (χ4n) is 2.97. The van der Waals surface area contributed by atoms with Crippen molar-refractivity contribution >= 4 is 37.7 Å². The van der Waals surface area contributed by atoms with E-state index in [4.69, 9.17) is 4.74 Å². The number of hydrogen-bond acceptors (Lipinski definition) is 4. The van der Waals surface area contributed by atoms with Crippen LogP contribution in [-0.4, -0.2) is 49.7 Å². The van der Waals surface area contributed by atoms with Gasteiger partial charge in [0.1, 0.15) is 5.75 Å². The first-order valence-electron chi connectivity index (χ1n) is 8.82. The minimum absolute atomic E-state index is 0.211. The third kappa shape index (κ3) is 5.11. The van der Waals surface area contributed by atoms with Crippen LogP contribution in [0.3, 0.4) is 0 Å². The number of ether oxygens (including phenoxy) is 1. The molecule has 9 heteroatoms. The van der Waals surface area contributed by atoms with E-state index >= 15 is 0 Å². The summed E-state index contributed by atoms with van der Waals surface area (Å²) in [5, 5.41) is 2.73. The van der Waals surface area contributed by atoms with E-state index in [2.05, 4.69) is 21.2 Å². The van der Waals surface area contributed by atoms with Crippen molar-refractivity contribution in [3.63, 3.8) is 0 Å². The van der Waals surface area contributed by atoms with Crippen LogP contribution in [0, 0.1) is 0 Å². The highest BCUT2D eigenvalue weighted by Gasteiger charge is 2.34. The highest BCUT2D eigenvalue weighted by atomic mass is 79.9. The average Bonchev–Trinajstić information content (AvgIpc) is 2.67. The molecule has 28 heavy (non-hydrogen) atoms. The van der Waals surface area contributed by atoms with Gasteiger partial charge >= 0.3 is 0 Å². The van der Waals surface area contributed by atoms with Gasteiger partial charge in [0.05, 0.1) is 13.7 Å². The normalized spacial score (nSPS) is 17.2. The zero-order chi connectivity index (χ0) is 20.1. The average molecular weight is 468 g/mol. The number of carbonyl (C=O) groups excluding carboxylic acids is 1. The summed E-state index contributed by atoms with van der Waals surface area (Å²) >= 11 is 3.34. The maximum Gasteiger partial charge on any atom is 0.282 e. The molecular formula is C19H22BrN3O4S. The minimum Gasteiger partial charge on any atom is -0.497 e. The first-order valence-corrected chi connectivity index (χ1v) is 11.0. The van der Waals surface area contributed by atoms with Crippen molar-refractivity contribution in [2.75, 3.05) is 32.1 Å². The molecule has 0 spiro atoms. The van der Waals surface area contributed by atoms with Crippen molar-refractivity contribution < 1.29 is 17.9 Å². The summed E-state index contributed by atoms with van der Waals surface area (Å²) in [5.41, 5.74) is 1.49. The number of methoxy groups -OCH3 is 1. The van der Waals surface area contributed by atoms with Crippen LogP contribution in [0.5, 0.6) is 5.75 Å². The lowest BCUT2D eigenvalue weighted by molar-refractivity contribution is -0.116. The van der Waals surface area contributed by atoms with Crippen LogP contribution < -0.4 is 10.1 Å². The van der Waals surface area contributed by atoms with Crippen molar-refractivity contribution in [2.24, 2.45) is 0 Å². The molecule has 0 atom stereocenters. The first kappa shape index (κ1) is 20.8. The monoisotopic (exact) mass is 467 g/mol. The van der Waals surface area contributed by atoms with Gasteiger partial charge in [0.15, 0.2) is 0 Å². The quantitative estimate of drug-likeness (QED) is 0.708. The van der Waals surface area contributed by atoms with Crippen molar-refractivity contribution in [3.05, 3.63) is 58.6 Å². The van der Waals surface area contributed by atoms with Gasteiger partial charge in [-0.3, -0.25) is 4.79 Å². The Morgan fingerprint density at radius 3 is 2.36 bits per heavy atom. The third-order valence-electron chi connectivity index (χ3n) is 4.43. The number of nitrogens with one attached hydrogen (secondary N) is 1.